The van der Waals surface area contributed by atoms with Gasteiger partial charge in [0.05, 0.1) is 23.6 Å². The van der Waals surface area contributed by atoms with E-state index in [0.29, 0.717) is 24.0 Å². The quantitative estimate of drug-likeness (QED) is 0.291. The van der Waals surface area contributed by atoms with E-state index in [1.54, 1.807) is 0 Å². The van der Waals surface area contributed by atoms with Crippen LogP contribution in [0.3, 0.4) is 0 Å². The molecule has 0 bridgehead atoms. The molecule has 172 valence electrons. The van der Waals surface area contributed by atoms with Gasteiger partial charge in [-0.25, -0.2) is 9.97 Å². The van der Waals surface area contributed by atoms with Gasteiger partial charge in [0.1, 0.15) is 10.8 Å². The minimum Gasteiger partial charge on any atom is -0.492 e. The maximum Gasteiger partial charge on any atom is 0.234 e. The van der Waals surface area contributed by atoms with E-state index in [1.807, 2.05) is 55.5 Å². The molecule has 1 amide bonds. The molecule has 1 N–H and O–H groups in total. The molecule has 0 fully saturated rings. The van der Waals surface area contributed by atoms with Crippen molar-refractivity contribution in [3.8, 4) is 5.75 Å². The van der Waals surface area contributed by atoms with Gasteiger partial charge in [-0.05, 0) is 42.7 Å². The third-order valence-electron chi connectivity index (χ3n) is 5.77. The number of nitrogens with one attached hydrogen (secondary N) is 1. The van der Waals surface area contributed by atoms with Crippen LogP contribution in [-0.4, -0.2) is 34.8 Å². The minimum atomic E-state index is -0.103. The Bertz CT molecular complexity index is 1330. The van der Waals surface area contributed by atoms with Crippen LogP contribution in [-0.2, 0) is 17.8 Å². The first-order valence-electron chi connectivity index (χ1n) is 11.4. The average molecular weight is 471 g/mol. The molecule has 0 atom stereocenters. The van der Waals surface area contributed by atoms with Crippen LogP contribution in [0.5, 0.6) is 5.75 Å². The smallest absolute Gasteiger partial charge is 0.234 e. The highest BCUT2D eigenvalue weighted by Gasteiger charge is 2.20. The van der Waals surface area contributed by atoms with Crippen molar-refractivity contribution in [1.29, 1.82) is 0 Å². The van der Waals surface area contributed by atoms with Crippen LogP contribution in [0, 0.1) is 0 Å². The molecule has 0 radical (unpaired) electrons. The Morgan fingerprint density at radius 1 is 1.00 bits per heavy atom. The molecule has 34 heavy (non-hydrogen) atoms. The highest BCUT2D eigenvalue weighted by atomic mass is 32.2. The molecule has 0 unspecified atom stereocenters. The summed E-state index contributed by atoms with van der Waals surface area (Å²) in [6.07, 6.45) is 0.969. The number of fused-ring (bicyclic) bond motifs is 2. The number of amides is 1. The molecule has 0 saturated heterocycles. The summed E-state index contributed by atoms with van der Waals surface area (Å²) in [5.41, 5.74) is 4.26. The van der Waals surface area contributed by atoms with Crippen molar-refractivity contribution in [2.75, 3.05) is 29.1 Å². The zero-order chi connectivity index (χ0) is 23.3. The molecule has 4 aromatic rings. The van der Waals surface area contributed by atoms with Gasteiger partial charge in [0, 0.05) is 18.5 Å². The van der Waals surface area contributed by atoms with Crippen molar-refractivity contribution in [3.63, 3.8) is 0 Å². The number of aromatic nitrogens is 2. The predicted octanol–water partition coefficient (Wildman–Crippen LogP) is 5.32. The molecule has 1 aromatic heterocycles. The molecule has 2 heterocycles. The SMILES string of the molecule is CCOc1ccccc1NC(=O)CSc1nc(N2CCc3ccccc3C2)nc2ccccc12. The van der Waals surface area contributed by atoms with Gasteiger partial charge in [0.2, 0.25) is 11.9 Å². The number of nitrogens with zero attached hydrogens (tertiary/aromatic N) is 3. The topological polar surface area (TPSA) is 67.3 Å². The molecule has 0 aliphatic carbocycles. The number of ether oxygens (including phenoxy) is 1. The Morgan fingerprint density at radius 2 is 1.76 bits per heavy atom. The normalized spacial score (nSPS) is 12.9. The third kappa shape index (κ3) is 4.84. The molecular formula is C27H26N4O2S. The highest BCUT2D eigenvalue weighted by molar-refractivity contribution is 8.00. The van der Waals surface area contributed by atoms with E-state index in [4.69, 9.17) is 14.7 Å². The highest BCUT2D eigenvalue weighted by Crippen LogP contribution is 2.30. The maximum absolute atomic E-state index is 12.8. The first-order chi connectivity index (χ1) is 16.7. The van der Waals surface area contributed by atoms with Crippen molar-refractivity contribution < 1.29 is 9.53 Å². The zero-order valence-corrected chi connectivity index (χ0v) is 19.8. The van der Waals surface area contributed by atoms with Gasteiger partial charge in [-0.1, -0.05) is 66.4 Å². The number of thioether (sulfide) groups is 1. The van der Waals surface area contributed by atoms with Crippen LogP contribution >= 0.6 is 11.8 Å². The van der Waals surface area contributed by atoms with Crippen LogP contribution in [0.2, 0.25) is 0 Å². The van der Waals surface area contributed by atoms with E-state index in [9.17, 15) is 4.79 Å². The average Bonchev–Trinajstić information content (AvgIpc) is 2.88. The van der Waals surface area contributed by atoms with Gasteiger partial charge < -0.3 is 15.0 Å². The van der Waals surface area contributed by atoms with E-state index in [-0.39, 0.29) is 11.7 Å². The molecule has 3 aromatic carbocycles. The second-order valence-electron chi connectivity index (χ2n) is 8.05. The number of hydrogen-bond donors (Lipinski definition) is 1. The Hall–Kier alpha value is -3.58. The van der Waals surface area contributed by atoms with Crippen LogP contribution in [0.4, 0.5) is 11.6 Å². The summed E-state index contributed by atoms with van der Waals surface area (Å²) in [6.45, 7) is 4.12. The monoisotopic (exact) mass is 470 g/mol. The number of rotatable bonds is 7. The molecule has 1 aliphatic heterocycles. The lowest BCUT2D eigenvalue weighted by atomic mass is 10.0. The molecule has 5 rings (SSSR count). The lowest BCUT2D eigenvalue weighted by Gasteiger charge is -2.29. The summed E-state index contributed by atoms with van der Waals surface area (Å²) in [6, 6.07) is 24.0. The summed E-state index contributed by atoms with van der Waals surface area (Å²) >= 11 is 1.43. The van der Waals surface area contributed by atoms with Gasteiger partial charge in [-0.3, -0.25) is 4.79 Å². The summed E-state index contributed by atoms with van der Waals surface area (Å²) in [7, 11) is 0. The van der Waals surface area contributed by atoms with Crippen molar-refractivity contribution in [3.05, 3.63) is 83.9 Å². The van der Waals surface area contributed by atoms with Crippen LogP contribution < -0.4 is 15.0 Å². The van der Waals surface area contributed by atoms with Crippen molar-refractivity contribution >= 4 is 40.2 Å². The Kier molecular flexibility index (Phi) is 6.62. The second kappa shape index (κ2) is 10.1. The molecular weight excluding hydrogens is 444 g/mol. The molecule has 1 aliphatic rings. The van der Waals surface area contributed by atoms with Crippen molar-refractivity contribution in [2.24, 2.45) is 0 Å². The van der Waals surface area contributed by atoms with Gasteiger partial charge >= 0.3 is 0 Å². The van der Waals surface area contributed by atoms with E-state index < -0.39 is 0 Å². The number of benzene rings is 3. The Balaban J connectivity index is 1.36. The zero-order valence-electron chi connectivity index (χ0n) is 19.0. The fourth-order valence-electron chi connectivity index (χ4n) is 4.13. The number of anilines is 2. The van der Waals surface area contributed by atoms with E-state index >= 15 is 0 Å². The van der Waals surface area contributed by atoms with Gasteiger partial charge in [0.15, 0.2) is 0 Å². The van der Waals surface area contributed by atoms with Crippen molar-refractivity contribution in [1.82, 2.24) is 9.97 Å². The van der Waals surface area contributed by atoms with Crippen LogP contribution in [0.15, 0.2) is 77.8 Å². The van der Waals surface area contributed by atoms with Gasteiger partial charge in [0.25, 0.3) is 0 Å². The summed E-state index contributed by atoms with van der Waals surface area (Å²) in [5, 5.41) is 4.73. The van der Waals surface area contributed by atoms with Crippen molar-refractivity contribution in [2.45, 2.75) is 24.9 Å². The summed E-state index contributed by atoms with van der Waals surface area (Å²) < 4.78 is 5.62. The fraction of sp³-hybridized carbons (Fsp3) is 0.222. The summed E-state index contributed by atoms with van der Waals surface area (Å²) in [4.78, 5) is 24.7. The first-order valence-corrected chi connectivity index (χ1v) is 12.4. The van der Waals surface area contributed by atoms with Crippen LogP contribution in [0.1, 0.15) is 18.1 Å². The third-order valence-corrected chi connectivity index (χ3v) is 6.76. The number of carbonyl (C=O) groups excluding carboxylic acids is 1. The lowest BCUT2D eigenvalue weighted by Crippen LogP contribution is -2.31. The standard InChI is InChI=1S/C27H26N4O2S/c1-2-33-24-14-8-7-13-23(24)28-25(32)18-34-26-21-11-5-6-12-22(21)29-27(30-26)31-16-15-19-9-3-4-10-20(19)17-31/h3-14H,2,15-18H2,1H3,(H,28,32). The molecule has 6 nitrogen and oxygen atoms in total. The van der Waals surface area contributed by atoms with Crippen LogP contribution in [0.25, 0.3) is 10.9 Å². The fourth-order valence-corrected chi connectivity index (χ4v) is 4.94. The number of hydrogen-bond acceptors (Lipinski definition) is 6. The first kappa shape index (κ1) is 22.2. The Morgan fingerprint density at radius 3 is 2.65 bits per heavy atom. The molecule has 7 heteroatoms. The van der Waals surface area contributed by atoms with E-state index in [1.165, 1.54) is 22.9 Å². The lowest BCUT2D eigenvalue weighted by molar-refractivity contribution is -0.113. The largest absolute Gasteiger partial charge is 0.492 e. The van der Waals surface area contributed by atoms with E-state index in [2.05, 4.69) is 34.5 Å². The summed E-state index contributed by atoms with van der Waals surface area (Å²) in [5.74, 6) is 1.51. The molecule has 0 spiro atoms. The predicted molar refractivity (Wildman–Crippen MR) is 138 cm³/mol. The van der Waals surface area contributed by atoms with E-state index in [0.717, 1.165) is 35.4 Å². The van der Waals surface area contributed by atoms with Gasteiger partial charge in [-0.15, -0.1) is 0 Å². The maximum atomic E-state index is 12.8. The van der Waals surface area contributed by atoms with Gasteiger partial charge in [-0.2, -0.15) is 0 Å². The second-order valence-corrected chi connectivity index (χ2v) is 9.02. The minimum absolute atomic E-state index is 0.103. The molecule has 0 saturated carbocycles. The Labute approximate surface area is 203 Å². The number of carbonyl (C=O) groups is 1. The number of para-hydroxylation sites is 3.